The van der Waals surface area contributed by atoms with Gasteiger partial charge in [-0.3, -0.25) is 5.10 Å². The van der Waals surface area contributed by atoms with Crippen LogP contribution in [0, 0.1) is 0 Å². The summed E-state index contributed by atoms with van der Waals surface area (Å²) < 4.78 is 33.3. The number of benzene rings is 2. The Morgan fingerprint density at radius 2 is 1.89 bits per heavy atom. The standard InChI is InChI=1S/C18H15N3O5S/c1-25-18(22)17-14-9-26-15-7-4-11(8-13(15)16(14)20-21-17)10-2-5-12(6-3-10)27(19,23)24/h2-8H,9H2,1H3,(H,20,21)(H2,19,23,24). The summed E-state index contributed by atoms with van der Waals surface area (Å²) >= 11 is 0. The largest absolute Gasteiger partial charge is 0.488 e. The normalized spacial score (nSPS) is 12.7. The highest BCUT2D eigenvalue weighted by atomic mass is 32.2. The molecule has 2 heterocycles. The van der Waals surface area contributed by atoms with E-state index in [0.29, 0.717) is 17.0 Å². The summed E-state index contributed by atoms with van der Waals surface area (Å²) in [5.74, 6) is 0.127. The molecule has 4 rings (SSSR count). The molecule has 1 aliphatic rings. The number of sulfonamides is 1. The third kappa shape index (κ3) is 2.96. The van der Waals surface area contributed by atoms with Gasteiger partial charge in [0, 0.05) is 5.56 Å². The van der Waals surface area contributed by atoms with E-state index in [4.69, 9.17) is 14.6 Å². The highest BCUT2D eigenvalue weighted by molar-refractivity contribution is 7.89. The fourth-order valence-corrected chi connectivity index (χ4v) is 3.53. The number of nitrogens with zero attached hydrogens (tertiary/aromatic N) is 1. The molecule has 0 spiro atoms. The highest BCUT2D eigenvalue weighted by Crippen LogP contribution is 2.40. The number of carbonyl (C=O) groups excluding carboxylic acids is 1. The maximum atomic E-state index is 11.8. The molecule has 0 aliphatic carbocycles. The number of rotatable bonds is 3. The van der Waals surface area contributed by atoms with Crippen molar-refractivity contribution in [2.75, 3.05) is 7.11 Å². The van der Waals surface area contributed by atoms with E-state index in [9.17, 15) is 13.2 Å². The van der Waals surface area contributed by atoms with Crippen LogP contribution >= 0.6 is 0 Å². The number of fused-ring (bicyclic) bond motifs is 3. The van der Waals surface area contributed by atoms with Crippen LogP contribution in [0.1, 0.15) is 16.1 Å². The third-order valence-corrected chi connectivity index (χ3v) is 5.31. The van der Waals surface area contributed by atoms with Gasteiger partial charge < -0.3 is 9.47 Å². The van der Waals surface area contributed by atoms with Crippen molar-refractivity contribution in [1.82, 2.24) is 10.2 Å². The van der Waals surface area contributed by atoms with Crippen LogP contribution in [-0.4, -0.2) is 31.7 Å². The van der Waals surface area contributed by atoms with E-state index in [2.05, 4.69) is 10.2 Å². The van der Waals surface area contributed by atoms with E-state index in [0.717, 1.165) is 16.7 Å². The molecule has 0 fully saturated rings. The number of H-pyrrole nitrogens is 1. The van der Waals surface area contributed by atoms with Crippen molar-refractivity contribution in [1.29, 1.82) is 0 Å². The number of primary sulfonamides is 1. The van der Waals surface area contributed by atoms with Crippen molar-refractivity contribution in [3.05, 3.63) is 53.7 Å². The molecule has 0 atom stereocenters. The number of aromatic nitrogens is 2. The highest BCUT2D eigenvalue weighted by Gasteiger charge is 2.27. The van der Waals surface area contributed by atoms with Crippen LogP contribution in [-0.2, 0) is 21.4 Å². The summed E-state index contributed by atoms with van der Waals surface area (Å²) in [6, 6.07) is 11.8. The van der Waals surface area contributed by atoms with Gasteiger partial charge in [0.05, 0.1) is 23.3 Å². The van der Waals surface area contributed by atoms with Crippen LogP contribution in [0.3, 0.4) is 0 Å². The molecular formula is C18H15N3O5S. The number of carbonyl (C=O) groups is 1. The Labute approximate surface area is 155 Å². The topological polar surface area (TPSA) is 124 Å². The van der Waals surface area contributed by atoms with Crippen molar-refractivity contribution in [3.63, 3.8) is 0 Å². The summed E-state index contributed by atoms with van der Waals surface area (Å²) in [4.78, 5) is 11.9. The molecule has 0 unspecified atom stereocenters. The van der Waals surface area contributed by atoms with Crippen molar-refractivity contribution in [2.45, 2.75) is 11.5 Å². The SMILES string of the molecule is COC(=O)c1n[nH]c2c1COc1ccc(-c3ccc(S(N)(=O)=O)cc3)cc1-2. The summed E-state index contributed by atoms with van der Waals surface area (Å²) in [5.41, 5.74) is 3.94. The lowest BCUT2D eigenvalue weighted by atomic mass is 9.97. The van der Waals surface area contributed by atoms with Crippen molar-refractivity contribution in [2.24, 2.45) is 5.14 Å². The van der Waals surface area contributed by atoms with Gasteiger partial charge in [0.2, 0.25) is 10.0 Å². The van der Waals surface area contributed by atoms with E-state index in [-0.39, 0.29) is 17.2 Å². The number of ether oxygens (including phenoxy) is 2. The molecular weight excluding hydrogens is 370 g/mol. The van der Waals surface area contributed by atoms with Gasteiger partial charge in [-0.1, -0.05) is 18.2 Å². The van der Waals surface area contributed by atoms with Gasteiger partial charge >= 0.3 is 5.97 Å². The summed E-state index contributed by atoms with van der Waals surface area (Å²) in [6.45, 7) is 0.214. The second-order valence-corrected chi connectivity index (χ2v) is 7.55. The van der Waals surface area contributed by atoms with E-state index in [1.54, 1.807) is 12.1 Å². The monoisotopic (exact) mass is 385 g/mol. The first-order chi connectivity index (χ1) is 12.9. The van der Waals surface area contributed by atoms with Gasteiger partial charge in [0.1, 0.15) is 12.4 Å². The molecule has 0 amide bonds. The Kier molecular flexibility index (Phi) is 3.97. The van der Waals surface area contributed by atoms with Crippen LogP contribution in [0.5, 0.6) is 5.75 Å². The van der Waals surface area contributed by atoms with Gasteiger partial charge in [-0.15, -0.1) is 0 Å². The number of esters is 1. The van der Waals surface area contributed by atoms with E-state index < -0.39 is 16.0 Å². The number of hydrogen-bond donors (Lipinski definition) is 2. The molecule has 9 heteroatoms. The Morgan fingerprint density at radius 1 is 1.19 bits per heavy atom. The molecule has 0 bridgehead atoms. The van der Waals surface area contributed by atoms with Crippen LogP contribution in [0.15, 0.2) is 47.4 Å². The molecule has 3 aromatic rings. The van der Waals surface area contributed by atoms with Crippen LogP contribution in [0.4, 0.5) is 0 Å². The quantitative estimate of drug-likeness (QED) is 0.665. The number of methoxy groups -OCH3 is 1. The maximum Gasteiger partial charge on any atom is 0.359 e. The Morgan fingerprint density at radius 3 is 2.56 bits per heavy atom. The summed E-state index contributed by atoms with van der Waals surface area (Å²) in [5, 5.41) is 12.1. The zero-order valence-electron chi connectivity index (χ0n) is 14.2. The Hall–Kier alpha value is -3.17. The van der Waals surface area contributed by atoms with E-state index >= 15 is 0 Å². The van der Waals surface area contributed by atoms with Crippen molar-refractivity contribution < 1.29 is 22.7 Å². The lowest BCUT2D eigenvalue weighted by molar-refractivity contribution is 0.0591. The molecule has 138 valence electrons. The predicted octanol–water partition coefficient (Wildman–Crippen LogP) is 2.07. The molecule has 1 aromatic heterocycles. The van der Waals surface area contributed by atoms with Crippen LogP contribution in [0.25, 0.3) is 22.4 Å². The minimum atomic E-state index is -3.74. The first-order valence-corrected chi connectivity index (χ1v) is 9.49. The minimum absolute atomic E-state index is 0.0473. The average molecular weight is 385 g/mol. The van der Waals surface area contributed by atoms with E-state index in [1.165, 1.54) is 19.2 Å². The second-order valence-electron chi connectivity index (χ2n) is 5.99. The van der Waals surface area contributed by atoms with Crippen LogP contribution in [0.2, 0.25) is 0 Å². The number of nitrogens with one attached hydrogen (secondary N) is 1. The number of nitrogens with two attached hydrogens (primary N) is 1. The first kappa shape index (κ1) is 17.3. The molecule has 3 N–H and O–H groups in total. The lowest BCUT2D eigenvalue weighted by Gasteiger charge is -2.18. The van der Waals surface area contributed by atoms with Gasteiger partial charge in [-0.2, -0.15) is 5.10 Å². The fraction of sp³-hybridized carbons (Fsp3) is 0.111. The number of aromatic amines is 1. The summed E-state index contributed by atoms with van der Waals surface area (Å²) in [7, 11) is -2.45. The summed E-state index contributed by atoms with van der Waals surface area (Å²) in [6.07, 6.45) is 0. The second kappa shape index (κ2) is 6.22. The molecule has 0 radical (unpaired) electrons. The van der Waals surface area contributed by atoms with Gasteiger partial charge in [0.15, 0.2) is 5.69 Å². The van der Waals surface area contributed by atoms with Gasteiger partial charge in [-0.25, -0.2) is 18.4 Å². The smallest absolute Gasteiger partial charge is 0.359 e. The number of hydrogen-bond acceptors (Lipinski definition) is 6. The third-order valence-electron chi connectivity index (χ3n) is 4.38. The fourth-order valence-electron chi connectivity index (χ4n) is 3.01. The zero-order valence-corrected chi connectivity index (χ0v) is 15.0. The zero-order chi connectivity index (χ0) is 19.2. The molecule has 1 aliphatic heterocycles. The first-order valence-electron chi connectivity index (χ1n) is 7.94. The molecule has 0 saturated carbocycles. The predicted molar refractivity (Wildman–Crippen MR) is 96.5 cm³/mol. The molecule has 8 nitrogen and oxygen atoms in total. The molecule has 0 saturated heterocycles. The van der Waals surface area contributed by atoms with Gasteiger partial charge in [-0.05, 0) is 35.4 Å². The van der Waals surface area contributed by atoms with Crippen molar-refractivity contribution >= 4 is 16.0 Å². The van der Waals surface area contributed by atoms with Crippen LogP contribution < -0.4 is 9.88 Å². The van der Waals surface area contributed by atoms with Crippen molar-refractivity contribution in [3.8, 4) is 28.1 Å². The lowest BCUT2D eigenvalue weighted by Crippen LogP contribution is -2.11. The molecule has 2 aromatic carbocycles. The molecule has 27 heavy (non-hydrogen) atoms. The minimum Gasteiger partial charge on any atom is -0.488 e. The van der Waals surface area contributed by atoms with Gasteiger partial charge in [0.25, 0.3) is 0 Å². The Bertz CT molecular complexity index is 1150. The van der Waals surface area contributed by atoms with E-state index in [1.807, 2.05) is 18.2 Å². The maximum absolute atomic E-state index is 11.8. The Balaban J connectivity index is 1.77. The average Bonchev–Trinajstić information content (AvgIpc) is 3.11.